The second-order valence-corrected chi connectivity index (χ2v) is 8.66. The van der Waals surface area contributed by atoms with Crippen molar-refractivity contribution in [3.63, 3.8) is 0 Å². The molecule has 2 aromatic rings. The van der Waals surface area contributed by atoms with Crippen molar-refractivity contribution < 1.29 is 14.4 Å². The Morgan fingerprint density at radius 2 is 2.04 bits per heavy atom. The van der Waals surface area contributed by atoms with Crippen molar-refractivity contribution >= 4 is 57.0 Å². The van der Waals surface area contributed by atoms with E-state index in [1.54, 1.807) is 11.8 Å². The van der Waals surface area contributed by atoms with E-state index < -0.39 is 16.4 Å². The lowest BCUT2D eigenvalue weighted by atomic mass is 10.2. The normalized spacial score (nSPS) is 16.8. The molecular formula is C15H14N4O3S3. The van der Waals surface area contributed by atoms with Gasteiger partial charge in [-0.1, -0.05) is 64.7 Å². The van der Waals surface area contributed by atoms with Crippen LogP contribution in [-0.4, -0.2) is 32.5 Å². The highest BCUT2D eigenvalue weighted by molar-refractivity contribution is 8.15. The minimum atomic E-state index is -0.684. The van der Waals surface area contributed by atoms with Crippen molar-refractivity contribution in [2.24, 2.45) is 0 Å². The molecule has 1 aromatic carbocycles. The molecule has 1 aromatic heterocycles. The predicted molar refractivity (Wildman–Crippen MR) is 98.8 cm³/mol. The van der Waals surface area contributed by atoms with Crippen LogP contribution in [0.25, 0.3) is 0 Å². The summed E-state index contributed by atoms with van der Waals surface area (Å²) in [5.41, 5.74) is 2.40. The number of amides is 3. The number of hydrogen-bond acceptors (Lipinski definition) is 8. The number of hydrogen-bond donors (Lipinski definition) is 2. The van der Waals surface area contributed by atoms with E-state index in [0.29, 0.717) is 5.13 Å². The van der Waals surface area contributed by atoms with Gasteiger partial charge in [0.15, 0.2) is 4.34 Å². The summed E-state index contributed by atoms with van der Waals surface area (Å²) >= 11 is 3.65. The molecule has 1 fully saturated rings. The number of rotatable bonds is 6. The van der Waals surface area contributed by atoms with Gasteiger partial charge in [0.1, 0.15) is 5.25 Å². The summed E-state index contributed by atoms with van der Waals surface area (Å²) in [7, 11) is 0. The van der Waals surface area contributed by atoms with Crippen LogP contribution in [0.4, 0.5) is 9.93 Å². The molecule has 1 aliphatic heterocycles. The van der Waals surface area contributed by atoms with Gasteiger partial charge in [-0.05, 0) is 12.5 Å². The second kappa shape index (κ2) is 7.98. The Hall–Kier alpha value is -1.91. The standard InChI is InChI=1S/C15H14N4O3S3/c1-8-2-4-9(5-3-8)7-23-15-19-18-13(25-15)16-11(20)6-10-12(21)17-14(22)24-10/h2-5,10H,6-7H2,1H3,(H,16,18,20)(H,17,21,22). The lowest BCUT2D eigenvalue weighted by Gasteiger charge is -2.03. The van der Waals surface area contributed by atoms with Crippen LogP contribution in [0.5, 0.6) is 0 Å². The summed E-state index contributed by atoms with van der Waals surface area (Å²) in [6.07, 6.45) is -0.0757. The van der Waals surface area contributed by atoms with Gasteiger partial charge in [0.05, 0.1) is 0 Å². The number of thioether (sulfide) groups is 2. The lowest BCUT2D eigenvalue weighted by molar-refractivity contribution is -0.122. The number of carbonyl (C=O) groups excluding carboxylic acids is 3. The summed E-state index contributed by atoms with van der Waals surface area (Å²) in [6.45, 7) is 2.04. The van der Waals surface area contributed by atoms with Gasteiger partial charge in [-0.15, -0.1) is 10.2 Å². The molecule has 10 heteroatoms. The Morgan fingerprint density at radius 1 is 1.28 bits per heavy atom. The van der Waals surface area contributed by atoms with Gasteiger partial charge in [-0.2, -0.15) is 0 Å². The van der Waals surface area contributed by atoms with E-state index in [-0.39, 0.29) is 12.3 Å². The van der Waals surface area contributed by atoms with Gasteiger partial charge >= 0.3 is 0 Å². The van der Waals surface area contributed by atoms with Crippen LogP contribution < -0.4 is 10.6 Å². The SMILES string of the molecule is Cc1ccc(CSc2nnc(NC(=O)CC3SC(=O)NC3=O)s2)cc1. The quantitative estimate of drug-likeness (QED) is 0.574. The predicted octanol–water partition coefficient (Wildman–Crippen LogP) is 2.82. The fraction of sp³-hybridized carbons (Fsp3) is 0.267. The Kier molecular flexibility index (Phi) is 5.71. The topological polar surface area (TPSA) is 101 Å². The first kappa shape index (κ1) is 17.9. The molecule has 3 amide bonds. The number of nitrogens with one attached hydrogen (secondary N) is 2. The Labute approximate surface area is 156 Å². The molecule has 0 saturated carbocycles. The van der Waals surface area contributed by atoms with Crippen molar-refractivity contribution in [1.29, 1.82) is 0 Å². The fourth-order valence-electron chi connectivity index (χ4n) is 2.01. The molecule has 130 valence electrons. The Balaban J connectivity index is 1.49. The maximum Gasteiger partial charge on any atom is 0.286 e. The lowest BCUT2D eigenvalue weighted by Crippen LogP contribution is -2.27. The molecule has 25 heavy (non-hydrogen) atoms. The molecule has 1 unspecified atom stereocenters. The van der Waals surface area contributed by atoms with Crippen LogP contribution >= 0.6 is 34.9 Å². The maximum absolute atomic E-state index is 12.0. The molecule has 0 spiro atoms. The second-order valence-electron chi connectivity index (χ2n) is 5.28. The molecule has 0 radical (unpaired) electrons. The summed E-state index contributed by atoms with van der Waals surface area (Å²) in [6, 6.07) is 8.25. The van der Waals surface area contributed by atoms with Gasteiger partial charge in [0, 0.05) is 12.2 Å². The van der Waals surface area contributed by atoms with E-state index in [1.165, 1.54) is 22.5 Å². The molecule has 2 heterocycles. The summed E-state index contributed by atoms with van der Waals surface area (Å²) in [4.78, 5) is 34.5. The average molecular weight is 395 g/mol. The maximum atomic E-state index is 12.0. The summed E-state index contributed by atoms with van der Waals surface area (Å²) < 4.78 is 0.749. The molecule has 7 nitrogen and oxygen atoms in total. The molecule has 1 atom stereocenters. The highest BCUT2D eigenvalue weighted by Crippen LogP contribution is 2.29. The third-order valence-corrected chi connectivity index (χ3v) is 6.30. The molecule has 1 aliphatic rings. The zero-order valence-electron chi connectivity index (χ0n) is 13.1. The van der Waals surface area contributed by atoms with Crippen LogP contribution in [0, 0.1) is 6.92 Å². The van der Waals surface area contributed by atoms with Gasteiger partial charge in [0.25, 0.3) is 5.24 Å². The Bertz CT molecular complexity index is 807. The molecular weight excluding hydrogens is 380 g/mol. The number of nitrogens with zero attached hydrogens (tertiary/aromatic N) is 2. The molecule has 1 saturated heterocycles. The van der Waals surface area contributed by atoms with Crippen LogP contribution in [0.3, 0.4) is 0 Å². The first-order valence-electron chi connectivity index (χ1n) is 7.33. The molecule has 2 N–H and O–H groups in total. The van der Waals surface area contributed by atoms with Gasteiger partial charge in [-0.3, -0.25) is 19.7 Å². The van der Waals surface area contributed by atoms with E-state index >= 15 is 0 Å². The number of anilines is 1. The van der Waals surface area contributed by atoms with Crippen molar-refractivity contribution in [2.75, 3.05) is 5.32 Å². The summed E-state index contributed by atoms with van der Waals surface area (Å²) in [5, 5.41) is 12.0. The number of carbonyl (C=O) groups is 3. The monoisotopic (exact) mass is 394 g/mol. The molecule has 0 bridgehead atoms. The van der Waals surface area contributed by atoms with E-state index in [9.17, 15) is 14.4 Å². The van der Waals surface area contributed by atoms with Gasteiger partial charge in [0.2, 0.25) is 16.9 Å². The minimum absolute atomic E-state index is 0.0757. The number of imide groups is 1. The smallest absolute Gasteiger partial charge is 0.286 e. The van der Waals surface area contributed by atoms with E-state index in [1.807, 2.05) is 6.92 Å². The van der Waals surface area contributed by atoms with Crippen molar-refractivity contribution in [1.82, 2.24) is 15.5 Å². The van der Waals surface area contributed by atoms with E-state index in [0.717, 1.165) is 21.9 Å². The van der Waals surface area contributed by atoms with E-state index in [2.05, 4.69) is 45.1 Å². The molecule has 0 aliphatic carbocycles. The van der Waals surface area contributed by atoms with Crippen molar-refractivity contribution in [3.05, 3.63) is 35.4 Å². The third kappa shape index (κ3) is 5.03. The average Bonchev–Trinajstić information content (AvgIpc) is 3.13. The highest BCUT2D eigenvalue weighted by Gasteiger charge is 2.33. The number of aromatic nitrogens is 2. The third-order valence-electron chi connectivity index (χ3n) is 3.27. The first-order chi connectivity index (χ1) is 12.0. The van der Waals surface area contributed by atoms with Crippen molar-refractivity contribution in [3.8, 4) is 0 Å². The number of benzene rings is 1. The van der Waals surface area contributed by atoms with E-state index in [4.69, 9.17) is 0 Å². The highest BCUT2D eigenvalue weighted by atomic mass is 32.2. The van der Waals surface area contributed by atoms with Gasteiger partial charge < -0.3 is 5.32 Å². The summed E-state index contributed by atoms with van der Waals surface area (Å²) in [5.74, 6) is -0.0329. The fourth-order valence-corrected chi connectivity index (χ4v) is 4.56. The van der Waals surface area contributed by atoms with Gasteiger partial charge in [-0.25, -0.2) is 0 Å². The zero-order valence-corrected chi connectivity index (χ0v) is 15.6. The van der Waals surface area contributed by atoms with Crippen LogP contribution in [0.15, 0.2) is 28.6 Å². The van der Waals surface area contributed by atoms with Crippen LogP contribution in [0.1, 0.15) is 17.5 Å². The Morgan fingerprint density at radius 3 is 2.72 bits per heavy atom. The first-order valence-corrected chi connectivity index (χ1v) is 10.0. The van der Waals surface area contributed by atoms with Crippen molar-refractivity contribution in [2.45, 2.75) is 28.7 Å². The molecule has 3 rings (SSSR count). The largest absolute Gasteiger partial charge is 0.300 e. The van der Waals surface area contributed by atoms with Crippen LogP contribution in [-0.2, 0) is 15.3 Å². The number of aryl methyl sites for hydroxylation is 1. The van der Waals surface area contributed by atoms with Crippen LogP contribution in [0.2, 0.25) is 0 Å². The minimum Gasteiger partial charge on any atom is -0.300 e. The zero-order chi connectivity index (χ0) is 17.8.